The molecule has 0 aromatic heterocycles. The molecule has 0 radical (unpaired) electrons. The Labute approximate surface area is 175 Å². The van der Waals surface area contributed by atoms with Gasteiger partial charge in [-0.25, -0.2) is 0 Å². The lowest BCUT2D eigenvalue weighted by Crippen LogP contribution is -2.31. The fourth-order valence-corrected chi connectivity index (χ4v) is 2.82. The van der Waals surface area contributed by atoms with Gasteiger partial charge in [0, 0.05) is 16.2 Å². The molecule has 2 amide bonds. The monoisotopic (exact) mass is 468 g/mol. The average Bonchev–Trinajstić information content (AvgIpc) is 2.67. The van der Waals surface area contributed by atoms with Crippen LogP contribution in [-0.4, -0.2) is 32.1 Å². The van der Waals surface area contributed by atoms with Crippen molar-refractivity contribution in [3.8, 4) is 11.5 Å². The quantitative estimate of drug-likeness (QED) is 0.570. The average molecular weight is 469 g/mol. The van der Waals surface area contributed by atoms with Crippen LogP contribution in [0.25, 0.3) is 6.08 Å². The van der Waals surface area contributed by atoms with E-state index >= 15 is 0 Å². The van der Waals surface area contributed by atoms with Crippen LogP contribution < -0.4 is 20.1 Å². The number of carbonyl (C=O) groups is 2. The van der Waals surface area contributed by atoms with Crippen molar-refractivity contribution in [2.45, 2.75) is 13.5 Å². The van der Waals surface area contributed by atoms with Crippen LogP contribution in [-0.2, 0) is 9.59 Å². The smallest absolute Gasteiger partial charge is 0.387 e. The number of amides is 2. The molecule has 29 heavy (non-hydrogen) atoms. The van der Waals surface area contributed by atoms with Gasteiger partial charge in [-0.05, 0) is 54.5 Å². The van der Waals surface area contributed by atoms with Crippen LogP contribution >= 0.6 is 15.9 Å². The Hall–Kier alpha value is -2.94. The van der Waals surface area contributed by atoms with Crippen molar-refractivity contribution in [1.82, 2.24) is 5.32 Å². The molecule has 0 bridgehead atoms. The maximum absolute atomic E-state index is 12.3. The van der Waals surface area contributed by atoms with Gasteiger partial charge in [-0.3, -0.25) is 9.59 Å². The van der Waals surface area contributed by atoms with Gasteiger partial charge in [0.1, 0.15) is 0 Å². The molecule has 0 aliphatic heterocycles. The Kier molecular flexibility index (Phi) is 8.14. The molecule has 0 unspecified atom stereocenters. The van der Waals surface area contributed by atoms with Crippen LogP contribution in [0.5, 0.6) is 11.5 Å². The van der Waals surface area contributed by atoms with Gasteiger partial charge in [-0.15, -0.1) is 0 Å². The highest BCUT2D eigenvalue weighted by molar-refractivity contribution is 9.10. The number of hydrogen-bond donors (Lipinski definition) is 2. The minimum absolute atomic E-state index is 0.107. The summed E-state index contributed by atoms with van der Waals surface area (Å²) in [6.45, 7) is -1.32. The Morgan fingerprint density at radius 2 is 1.93 bits per heavy atom. The van der Waals surface area contributed by atoms with Gasteiger partial charge in [0.15, 0.2) is 11.5 Å². The highest BCUT2D eigenvalue weighted by atomic mass is 79.9. The van der Waals surface area contributed by atoms with Crippen LogP contribution in [0, 0.1) is 6.92 Å². The molecule has 0 aliphatic carbocycles. The molecule has 0 atom stereocenters. The first-order valence-corrected chi connectivity index (χ1v) is 9.22. The van der Waals surface area contributed by atoms with E-state index in [1.165, 1.54) is 37.5 Å². The summed E-state index contributed by atoms with van der Waals surface area (Å²) in [7, 11) is 1.32. The summed E-state index contributed by atoms with van der Waals surface area (Å²) in [6, 6.07) is 9.68. The second kappa shape index (κ2) is 10.6. The molecule has 0 aliphatic rings. The van der Waals surface area contributed by atoms with Crippen molar-refractivity contribution in [3.63, 3.8) is 0 Å². The van der Waals surface area contributed by atoms with E-state index in [0.717, 1.165) is 10.0 Å². The fraction of sp³-hybridized carbons (Fsp3) is 0.200. The van der Waals surface area contributed by atoms with Crippen LogP contribution in [0.4, 0.5) is 14.5 Å². The SMILES string of the molecule is COc1cc(/C=C/C(=O)NCC(=O)Nc2ccc(Br)cc2C)ccc1OC(F)F. The summed E-state index contributed by atoms with van der Waals surface area (Å²) < 4.78 is 34.9. The highest BCUT2D eigenvalue weighted by Gasteiger charge is 2.11. The van der Waals surface area contributed by atoms with Crippen LogP contribution in [0.3, 0.4) is 0 Å². The zero-order chi connectivity index (χ0) is 21.4. The molecule has 0 saturated carbocycles. The molecule has 2 N–H and O–H groups in total. The number of benzene rings is 2. The molecular formula is C20H19BrF2N2O4. The van der Waals surface area contributed by atoms with Crippen LogP contribution in [0.15, 0.2) is 46.9 Å². The summed E-state index contributed by atoms with van der Waals surface area (Å²) >= 11 is 3.35. The van der Waals surface area contributed by atoms with Crippen molar-refractivity contribution in [2.75, 3.05) is 19.0 Å². The number of anilines is 1. The first-order chi connectivity index (χ1) is 13.8. The minimum atomic E-state index is -2.97. The van der Waals surface area contributed by atoms with E-state index in [0.29, 0.717) is 11.3 Å². The maximum atomic E-state index is 12.3. The number of rotatable bonds is 8. The predicted octanol–water partition coefficient (Wildman–Crippen LogP) is 4.14. The van der Waals surface area contributed by atoms with E-state index in [1.807, 2.05) is 13.0 Å². The molecule has 0 fully saturated rings. The Bertz CT molecular complexity index is 919. The number of hydrogen-bond acceptors (Lipinski definition) is 4. The second-order valence-electron chi connectivity index (χ2n) is 5.85. The van der Waals surface area contributed by atoms with Crippen LogP contribution in [0.2, 0.25) is 0 Å². The number of carbonyl (C=O) groups excluding carboxylic acids is 2. The second-order valence-corrected chi connectivity index (χ2v) is 6.76. The van der Waals surface area contributed by atoms with Crippen molar-refractivity contribution >= 4 is 39.5 Å². The first-order valence-electron chi connectivity index (χ1n) is 8.43. The van der Waals surface area contributed by atoms with Gasteiger partial charge in [0.2, 0.25) is 11.8 Å². The van der Waals surface area contributed by atoms with E-state index in [2.05, 4.69) is 31.3 Å². The zero-order valence-corrected chi connectivity index (χ0v) is 17.3. The third kappa shape index (κ3) is 7.19. The summed E-state index contributed by atoms with van der Waals surface area (Å²) in [5, 5.41) is 5.18. The molecular weight excluding hydrogens is 450 g/mol. The van der Waals surface area contributed by atoms with Crippen molar-refractivity contribution in [1.29, 1.82) is 0 Å². The minimum Gasteiger partial charge on any atom is -0.493 e. The van der Waals surface area contributed by atoms with Crippen molar-refractivity contribution < 1.29 is 27.8 Å². The maximum Gasteiger partial charge on any atom is 0.387 e. The van der Waals surface area contributed by atoms with Gasteiger partial charge < -0.3 is 20.1 Å². The standard InChI is InChI=1S/C20H19BrF2N2O4/c1-12-9-14(21)5-6-15(12)25-19(27)11-24-18(26)8-4-13-3-7-16(29-20(22)23)17(10-13)28-2/h3-10,20H,11H2,1-2H3,(H,24,26)(H,25,27)/b8-4+. The lowest BCUT2D eigenvalue weighted by atomic mass is 10.2. The molecule has 0 heterocycles. The first kappa shape index (κ1) is 22.4. The van der Waals surface area contributed by atoms with E-state index < -0.39 is 12.5 Å². The van der Waals surface area contributed by atoms with E-state index in [1.54, 1.807) is 12.1 Å². The lowest BCUT2D eigenvalue weighted by Gasteiger charge is -2.10. The lowest BCUT2D eigenvalue weighted by molar-refractivity contribution is -0.121. The van der Waals surface area contributed by atoms with Crippen molar-refractivity contribution in [2.24, 2.45) is 0 Å². The normalized spacial score (nSPS) is 10.8. The molecule has 2 aromatic rings. The number of aryl methyl sites for hydroxylation is 1. The van der Waals surface area contributed by atoms with Gasteiger partial charge >= 0.3 is 6.61 Å². The summed E-state index contributed by atoms with van der Waals surface area (Å²) in [6.07, 6.45) is 2.68. The number of halogens is 3. The molecule has 9 heteroatoms. The number of methoxy groups -OCH3 is 1. The number of ether oxygens (including phenoxy) is 2. The molecule has 0 spiro atoms. The topological polar surface area (TPSA) is 76.7 Å². The largest absolute Gasteiger partial charge is 0.493 e. The van der Waals surface area contributed by atoms with E-state index in [9.17, 15) is 18.4 Å². The summed E-state index contributed by atoms with van der Waals surface area (Å²) in [4.78, 5) is 23.9. The van der Waals surface area contributed by atoms with Crippen LogP contribution in [0.1, 0.15) is 11.1 Å². The molecule has 154 valence electrons. The Balaban J connectivity index is 1.89. The fourth-order valence-electron chi connectivity index (χ4n) is 2.34. The molecule has 6 nitrogen and oxygen atoms in total. The number of nitrogens with one attached hydrogen (secondary N) is 2. The zero-order valence-electron chi connectivity index (χ0n) is 15.7. The highest BCUT2D eigenvalue weighted by Crippen LogP contribution is 2.29. The van der Waals surface area contributed by atoms with Gasteiger partial charge in [-0.1, -0.05) is 22.0 Å². The van der Waals surface area contributed by atoms with Crippen molar-refractivity contribution in [3.05, 3.63) is 58.1 Å². The molecule has 2 aromatic carbocycles. The van der Waals surface area contributed by atoms with E-state index in [4.69, 9.17) is 4.74 Å². The predicted molar refractivity (Wildman–Crippen MR) is 109 cm³/mol. The van der Waals surface area contributed by atoms with Gasteiger partial charge in [0.25, 0.3) is 0 Å². The molecule has 0 saturated heterocycles. The number of alkyl halides is 2. The molecule has 2 rings (SSSR count). The van der Waals surface area contributed by atoms with Gasteiger partial charge in [0.05, 0.1) is 13.7 Å². The summed E-state index contributed by atoms with van der Waals surface area (Å²) in [5.41, 5.74) is 2.07. The third-order valence-corrected chi connectivity index (χ3v) is 4.21. The summed E-state index contributed by atoms with van der Waals surface area (Å²) in [5.74, 6) is -0.854. The third-order valence-electron chi connectivity index (χ3n) is 3.72. The Morgan fingerprint density at radius 3 is 2.59 bits per heavy atom. The van der Waals surface area contributed by atoms with Gasteiger partial charge in [-0.2, -0.15) is 8.78 Å². The van der Waals surface area contributed by atoms with E-state index in [-0.39, 0.29) is 24.0 Å². The Morgan fingerprint density at radius 1 is 1.17 bits per heavy atom.